The number of oxime groups is 1. The van der Waals surface area contributed by atoms with Gasteiger partial charge >= 0.3 is 5.97 Å². The Balaban J connectivity index is 1.12. The highest BCUT2D eigenvalue weighted by Crippen LogP contribution is 2.42. The molecular formula is C33H36N12O11S3. The number of rotatable bonds is 14. The molecule has 1 fully saturated rings. The van der Waals surface area contributed by atoms with E-state index in [1.165, 1.54) is 48.8 Å². The maximum absolute atomic E-state index is 13.7. The van der Waals surface area contributed by atoms with E-state index in [0.717, 1.165) is 28.4 Å². The van der Waals surface area contributed by atoms with Crippen molar-refractivity contribution in [1.82, 2.24) is 47.1 Å². The third-order valence-corrected chi connectivity index (χ3v) is 11.7. The number of carbonyl (C=O) groups is 6. The first kappa shape index (κ1) is 42.3. The molecule has 6 rings (SSSR count). The van der Waals surface area contributed by atoms with Crippen molar-refractivity contribution in [3.8, 4) is 11.5 Å². The lowest BCUT2D eigenvalue weighted by molar-refractivity contribution is -0.150. The molecule has 0 saturated carbocycles. The summed E-state index contributed by atoms with van der Waals surface area (Å²) in [6, 6.07) is 2.08. The summed E-state index contributed by atoms with van der Waals surface area (Å²) < 4.78 is 0. The van der Waals surface area contributed by atoms with E-state index >= 15 is 0 Å². The number of hydrogen-bond acceptors (Lipinski definition) is 20. The van der Waals surface area contributed by atoms with Crippen molar-refractivity contribution in [2.24, 2.45) is 10.1 Å². The Bertz CT molecular complexity index is 2270. The summed E-state index contributed by atoms with van der Waals surface area (Å²) in [5, 5.41) is 49.4. The molecule has 4 aliphatic rings. The maximum Gasteiger partial charge on any atom is 0.352 e. The van der Waals surface area contributed by atoms with Gasteiger partial charge in [0.15, 0.2) is 28.2 Å². The lowest BCUT2D eigenvalue weighted by Gasteiger charge is -2.49. The van der Waals surface area contributed by atoms with Crippen LogP contribution >= 0.6 is 34.9 Å². The number of amides is 5. The van der Waals surface area contributed by atoms with Crippen molar-refractivity contribution >= 4 is 86.9 Å². The van der Waals surface area contributed by atoms with E-state index < -0.39 is 69.7 Å². The predicted octanol–water partition coefficient (Wildman–Crippen LogP) is -0.384. The van der Waals surface area contributed by atoms with Crippen LogP contribution < -0.4 is 32.9 Å². The number of β-lactam (4-membered cyclic amide) rings is 1. The Morgan fingerprint density at radius 2 is 1.93 bits per heavy atom. The van der Waals surface area contributed by atoms with Gasteiger partial charge in [0.05, 0.1) is 11.2 Å². The molecule has 4 aliphatic heterocycles. The van der Waals surface area contributed by atoms with E-state index in [-0.39, 0.29) is 46.4 Å². The highest BCUT2D eigenvalue weighted by molar-refractivity contribution is 8.03. The first-order chi connectivity index (χ1) is 28.0. The van der Waals surface area contributed by atoms with Crippen molar-refractivity contribution in [3.63, 3.8) is 0 Å². The van der Waals surface area contributed by atoms with Crippen LogP contribution in [0.4, 0.5) is 5.13 Å². The van der Waals surface area contributed by atoms with Crippen LogP contribution in [0.2, 0.25) is 0 Å². The summed E-state index contributed by atoms with van der Waals surface area (Å²) in [7, 11) is 1.75. The third-order valence-electron chi connectivity index (χ3n) is 8.65. The van der Waals surface area contributed by atoms with Crippen molar-refractivity contribution in [1.29, 1.82) is 0 Å². The van der Waals surface area contributed by atoms with Crippen molar-refractivity contribution in [3.05, 3.63) is 69.2 Å². The predicted molar refractivity (Wildman–Crippen MR) is 211 cm³/mol. The fourth-order valence-electron chi connectivity index (χ4n) is 5.60. The molecule has 2 aromatic rings. The molecule has 5 amide bonds. The van der Waals surface area contributed by atoms with Crippen LogP contribution in [0.1, 0.15) is 42.7 Å². The summed E-state index contributed by atoms with van der Waals surface area (Å²) in [6.07, 6.45) is 3.65. The number of thiazole rings is 1. The number of aliphatic imine (C=N–C) groups is 1. The Morgan fingerprint density at radius 1 is 1.17 bits per heavy atom. The van der Waals surface area contributed by atoms with Crippen LogP contribution in [0, 0.1) is 0 Å². The molecule has 2 atom stereocenters. The first-order valence-corrected chi connectivity index (χ1v) is 20.1. The molecule has 0 radical (unpaired) electrons. The number of nitrogens with one attached hydrogen (secondary N) is 5. The summed E-state index contributed by atoms with van der Waals surface area (Å²) in [6.45, 7) is 2.56. The molecule has 1 aromatic heterocycles. The van der Waals surface area contributed by atoms with Crippen LogP contribution in [-0.2, 0) is 28.8 Å². The number of aromatic hydroxyl groups is 2. The fraction of sp³-hybridized carbons (Fsp3) is 0.303. The zero-order chi connectivity index (χ0) is 42.8. The second-order valence-corrected chi connectivity index (χ2v) is 16.3. The molecule has 0 bridgehead atoms. The van der Waals surface area contributed by atoms with E-state index in [1.807, 2.05) is 0 Å². The maximum atomic E-state index is 13.7. The van der Waals surface area contributed by atoms with E-state index in [2.05, 4.69) is 36.8 Å². The second-order valence-electron chi connectivity index (χ2n) is 13.3. The number of anilines is 1. The highest BCUT2D eigenvalue weighted by atomic mass is 32.2. The van der Waals surface area contributed by atoms with Gasteiger partial charge in [-0.15, -0.1) is 40.4 Å². The Hall–Kier alpha value is -6.35. The molecule has 26 heteroatoms. The van der Waals surface area contributed by atoms with Crippen LogP contribution in [0.25, 0.3) is 0 Å². The zero-order valence-corrected chi connectivity index (χ0v) is 33.5. The SMILES string of the molecule is CN1C=C2N=C(CCC(=O)NO)C=C(SCC3=C(C(=O)O)N4C(=O)[C@@H](NC(=O)C(=NOC(C)(C)C(=O)NNC(=O)c5ccc(O)c(O)c5)c5csc(N)n5)[C@H]4SC3)N2N1. The number of hydrogen-bond donors (Lipinski definition) is 10. The summed E-state index contributed by atoms with van der Waals surface area (Å²) in [5.74, 6) is -5.46. The number of benzene rings is 1. The summed E-state index contributed by atoms with van der Waals surface area (Å²) >= 11 is 3.49. The Kier molecular flexibility index (Phi) is 12.4. The second kappa shape index (κ2) is 17.2. The number of allylic oxidation sites excluding steroid dienone is 1. The van der Waals surface area contributed by atoms with E-state index in [1.54, 1.807) is 34.8 Å². The number of hydroxylamine groups is 1. The number of hydrazine groups is 3. The Labute approximate surface area is 345 Å². The summed E-state index contributed by atoms with van der Waals surface area (Å²) in [4.78, 5) is 92.2. The van der Waals surface area contributed by atoms with Crippen LogP contribution in [0.15, 0.2) is 68.1 Å². The average Bonchev–Trinajstić information content (AvgIpc) is 3.81. The largest absolute Gasteiger partial charge is 0.504 e. The molecule has 0 unspecified atom stereocenters. The molecule has 59 heavy (non-hydrogen) atoms. The first-order valence-electron chi connectivity index (χ1n) is 17.1. The van der Waals surface area contributed by atoms with Gasteiger partial charge in [-0.05, 0) is 50.1 Å². The lowest BCUT2D eigenvalue weighted by Crippen LogP contribution is -2.71. The van der Waals surface area contributed by atoms with Gasteiger partial charge in [-0.25, -0.2) is 25.3 Å². The number of carbonyl (C=O) groups excluding carboxylic acids is 5. The number of aliphatic carboxylic acids is 1. The number of fused-ring (bicyclic) bond motifs is 2. The van der Waals surface area contributed by atoms with E-state index in [4.69, 9.17) is 15.8 Å². The minimum atomic E-state index is -1.83. The van der Waals surface area contributed by atoms with Crippen LogP contribution in [0.3, 0.4) is 0 Å². The number of carboxylic acids is 1. The molecule has 5 heterocycles. The van der Waals surface area contributed by atoms with Gasteiger partial charge in [0.2, 0.25) is 11.5 Å². The van der Waals surface area contributed by atoms with Gasteiger partial charge in [0.1, 0.15) is 22.8 Å². The van der Waals surface area contributed by atoms with Gasteiger partial charge in [-0.2, -0.15) is 0 Å². The van der Waals surface area contributed by atoms with Gasteiger partial charge in [0, 0.05) is 41.6 Å². The number of thioether (sulfide) groups is 2. The quantitative estimate of drug-likeness (QED) is 0.0380. The number of phenols is 2. The molecule has 23 nitrogen and oxygen atoms in total. The standard InChI is InChI=1S/C33H36N12O11S3/c1-33(2,31(54)39-38-26(49)14-4-6-18(46)19(47)8-14)56-41-23(17-13-59-32(34)36-17)27(50)37-24-28(51)44-25(30(52)53)15(12-58-29(24)44)11-57-22-9-16(5-7-21(48)40-55)35-20-10-43(3)42-45(20)22/h4,6,8-10,13,24,29,42,46-47,55H,5,7,11-12H2,1-3H3,(H2,34,36)(H,37,50)(H,38,49)(H,39,54)(H,40,48)(H,52,53)/t24-,29-/m1/s1. The molecule has 0 aliphatic carbocycles. The van der Waals surface area contributed by atoms with Gasteiger partial charge in [0.25, 0.3) is 23.6 Å². The smallest absolute Gasteiger partial charge is 0.352 e. The normalized spacial score (nSPS) is 18.8. The minimum absolute atomic E-state index is 0.0205. The number of phenolic OH excluding ortho intramolecular Hbond substituents is 2. The fourth-order valence-corrected chi connectivity index (χ4v) is 8.66. The number of aromatic nitrogens is 1. The Morgan fingerprint density at radius 3 is 2.61 bits per heavy atom. The molecule has 312 valence electrons. The minimum Gasteiger partial charge on any atom is -0.504 e. The van der Waals surface area contributed by atoms with E-state index in [9.17, 15) is 44.1 Å². The zero-order valence-electron chi connectivity index (χ0n) is 31.1. The number of nitrogens with two attached hydrogens (primary N) is 1. The highest BCUT2D eigenvalue weighted by Gasteiger charge is 2.54. The lowest BCUT2D eigenvalue weighted by atomic mass is 10.0. The van der Waals surface area contributed by atoms with Crippen molar-refractivity contribution in [2.75, 3.05) is 24.3 Å². The topological polar surface area (TPSA) is 326 Å². The molecule has 11 N–H and O–H groups in total. The molecule has 0 spiro atoms. The van der Waals surface area contributed by atoms with Crippen molar-refractivity contribution < 1.29 is 54.1 Å². The average molecular weight is 873 g/mol. The summed E-state index contributed by atoms with van der Waals surface area (Å²) in [5.41, 5.74) is 13.1. The number of nitrogen functional groups attached to an aromatic ring is 1. The van der Waals surface area contributed by atoms with Crippen LogP contribution in [0.5, 0.6) is 11.5 Å². The monoisotopic (exact) mass is 872 g/mol. The number of carboxylic acid groups (broad SMARTS) is 1. The number of nitrogens with zero attached hydrogens (tertiary/aromatic N) is 6. The van der Waals surface area contributed by atoms with Gasteiger partial charge in [-0.3, -0.25) is 49.9 Å². The molecule has 1 saturated heterocycles. The van der Waals surface area contributed by atoms with Gasteiger partial charge < -0.3 is 31.2 Å². The third kappa shape index (κ3) is 9.20. The van der Waals surface area contributed by atoms with Crippen LogP contribution in [-0.4, -0.2) is 123 Å². The van der Waals surface area contributed by atoms with Gasteiger partial charge in [-0.1, -0.05) is 5.16 Å². The van der Waals surface area contributed by atoms with Crippen molar-refractivity contribution in [2.45, 2.75) is 43.7 Å². The molecular weight excluding hydrogens is 837 g/mol. The molecule has 1 aromatic carbocycles. The van der Waals surface area contributed by atoms with E-state index in [0.29, 0.717) is 22.1 Å².